The van der Waals surface area contributed by atoms with Crippen molar-refractivity contribution in [1.29, 1.82) is 0 Å². The summed E-state index contributed by atoms with van der Waals surface area (Å²) in [6.07, 6.45) is 9.39. The quantitative estimate of drug-likeness (QED) is 0.814. The molecule has 0 aromatic carbocycles. The molecular weight excluding hydrogens is 216 g/mol. The molecule has 0 spiro atoms. The Morgan fingerprint density at radius 3 is 2.94 bits per heavy atom. The number of likely N-dealkylation sites (N-methyl/N-ethyl adjacent to an activating group) is 1. The Kier molecular flexibility index (Phi) is 4.98. The van der Waals surface area contributed by atoms with Crippen molar-refractivity contribution in [3.05, 3.63) is 0 Å². The number of hydrogen-bond acceptors (Lipinski definition) is 3. The molecule has 1 saturated heterocycles. The van der Waals surface area contributed by atoms with E-state index in [4.69, 9.17) is 0 Å². The van der Waals surface area contributed by atoms with E-state index in [0.29, 0.717) is 0 Å². The van der Waals surface area contributed by atoms with E-state index < -0.39 is 0 Å². The highest BCUT2D eigenvalue weighted by atomic mass is 32.2. The lowest BCUT2D eigenvalue weighted by Crippen LogP contribution is -2.40. The minimum Gasteiger partial charge on any atom is -0.313 e. The van der Waals surface area contributed by atoms with Crippen LogP contribution in [0.1, 0.15) is 39.0 Å². The monoisotopic (exact) mass is 242 g/mol. The zero-order valence-corrected chi connectivity index (χ0v) is 11.6. The number of thioether (sulfide) groups is 1. The SMILES string of the molecule is CCNC1CCN(C2CCCC(SC)C2)C1. The molecule has 0 bridgehead atoms. The van der Waals surface area contributed by atoms with Crippen molar-refractivity contribution < 1.29 is 0 Å². The van der Waals surface area contributed by atoms with E-state index in [2.05, 4.69) is 35.2 Å². The van der Waals surface area contributed by atoms with Gasteiger partial charge >= 0.3 is 0 Å². The third kappa shape index (κ3) is 3.14. The maximum absolute atomic E-state index is 3.59. The van der Waals surface area contributed by atoms with Crippen molar-refractivity contribution in [3.63, 3.8) is 0 Å². The van der Waals surface area contributed by atoms with Gasteiger partial charge in [0, 0.05) is 30.4 Å². The lowest BCUT2D eigenvalue weighted by molar-refractivity contribution is 0.190. The molecule has 2 fully saturated rings. The second kappa shape index (κ2) is 6.27. The normalized spacial score (nSPS) is 36.8. The molecule has 1 aliphatic carbocycles. The fourth-order valence-corrected chi connectivity index (χ4v) is 4.06. The Morgan fingerprint density at radius 2 is 2.19 bits per heavy atom. The summed E-state index contributed by atoms with van der Waals surface area (Å²) in [4.78, 5) is 2.75. The Balaban J connectivity index is 1.79. The van der Waals surface area contributed by atoms with Crippen LogP contribution >= 0.6 is 11.8 Å². The zero-order valence-electron chi connectivity index (χ0n) is 10.7. The highest BCUT2D eigenvalue weighted by Crippen LogP contribution is 2.31. The molecule has 2 nitrogen and oxygen atoms in total. The van der Waals surface area contributed by atoms with Gasteiger partial charge in [-0.05, 0) is 38.5 Å². The van der Waals surface area contributed by atoms with Gasteiger partial charge in [0.25, 0.3) is 0 Å². The molecule has 0 amide bonds. The molecule has 0 aromatic heterocycles. The van der Waals surface area contributed by atoms with Gasteiger partial charge in [0.05, 0.1) is 0 Å². The van der Waals surface area contributed by atoms with Crippen molar-refractivity contribution in [3.8, 4) is 0 Å². The van der Waals surface area contributed by atoms with Crippen molar-refractivity contribution in [1.82, 2.24) is 10.2 Å². The molecule has 1 heterocycles. The van der Waals surface area contributed by atoms with Crippen LogP contribution in [0.4, 0.5) is 0 Å². The van der Waals surface area contributed by atoms with Crippen LogP contribution in [0, 0.1) is 0 Å². The zero-order chi connectivity index (χ0) is 11.4. The van der Waals surface area contributed by atoms with Gasteiger partial charge in [0.2, 0.25) is 0 Å². The van der Waals surface area contributed by atoms with E-state index in [1.165, 1.54) is 45.2 Å². The van der Waals surface area contributed by atoms with Gasteiger partial charge in [0.15, 0.2) is 0 Å². The summed E-state index contributed by atoms with van der Waals surface area (Å²) in [5.41, 5.74) is 0. The lowest BCUT2D eigenvalue weighted by atomic mass is 9.94. The van der Waals surface area contributed by atoms with Gasteiger partial charge in [-0.3, -0.25) is 4.90 Å². The summed E-state index contributed by atoms with van der Waals surface area (Å²) in [6, 6.07) is 1.65. The molecule has 2 rings (SSSR count). The van der Waals surface area contributed by atoms with Crippen molar-refractivity contribution in [2.45, 2.75) is 56.4 Å². The molecule has 1 saturated carbocycles. The van der Waals surface area contributed by atoms with Crippen LogP contribution in [-0.2, 0) is 0 Å². The topological polar surface area (TPSA) is 15.3 Å². The van der Waals surface area contributed by atoms with Gasteiger partial charge in [0.1, 0.15) is 0 Å². The number of nitrogens with zero attached hydrogens (tertiary/aromatic N) is 1. The first kappa shape index (κ1) is 12.7. The molecule has 94 valence electrons. The van der Waals surface area contributed by atoms with Crippen LogP contribution in [-0.4, -0.2) is 48.1 Å². The average Bonchev–Trinajstić information content (AvgIpc) is 2.78. The van der Waals surface area contributed by atoms with Crippen molar-refractivity contribution in [2.75, 3.05) is 25.9 Å². The molecule has 0 radical (unpaired) electrons. The van der Waals surface area contributed by atoms with Crippen LogP contribution in [0.15, 0.2) is 0 Å². The van der Waals surface area contributed by atoms with Crippen LogP contribution in [0.3, 0.4) is 0 Å². The van der Waals surface area contributed by atoms with Gasteiger partial charge < -0.3 is 5.32 Å². The molecule has 3 atom stereocenters. The molecule has 3 heteroatoms. The molecular formula is C13H26N2S. The summed E-state index contributed by atoms with van der Waals surface area (Å²) in [7, 11) is 0. The van der Waals surface area contributed by atoms with Gasteiger partial charge in [-0.1, -0.05) is 13.3 Å². The predicted molar refractivity (Wildman–Crippen MR) is 73.2 cm³/mol. The minimum atomic E-state index is 0.764. The second-order valence-corrected chi connectivity index (χ2v) is 6.35. The average molecular weight is 242 g/mol. The Hall–Kier alpha value is 0.270. The molecule has 0 aromatic rings. The lowest BCUT2D eigenvalue weighted by Gasteiger charge is -2.34. The van der Waals surface area contributed by atoms with Crippen LogP contribution in [0.2, 0.25) is 0 Å². The Morgan fingerprint density at radius 1 is 1.31 bits per heavy atom. The van der Waals surface area contributed by atoms with E-state index in [1.54, 1.807) is 0 Å². The molecule has 16 heavy (non-hydrogen) atoms. The molecule has 1 aliphatic heterocycles. The maximum Gasteiger partial charge on any atom is 0.0207 e. The van der Waals surface area contributed by atoms with Crippen LogP contribution < -0.4 is 5.32 Å². The van der Waals surface area contributed by atoms with E-state index in [1.807, 2.05) is 0 Å². The number of hydrogen-bond donors (Lipinski definition) is 1. The number of likely N-dealkylation sites (tertiary alicyclic amines) is 1. The highest BCUT2D eigenvalue weighted by molar-refractivity contribution is 7.99. The molecule has 3 unspecified atom stereocenters. The summed E-state index contributed by atoms with van der Waals surface area (Å²) in [5.74, 6) is 0. The molecule has 1 N–H and O–H groups in total. The minimum absolute atomic E-state index is 0.764. The van der Waals surface area contributed by atoms with Gasteiger partial charge in [-0.2, -0.15) is 11.8 Å². The fourth-order valence-electron chi connectivity index (χ4n) is 3.24. The summed E-state index contributed by atoms with van der Waals surface area (Å²) < 4.78 is 0. The summed E-state index contributed by atoms with van der Waals surface area (Å²) in [6.45, 7) is 5.95. The smallest absolute Gasteiger partial charge is 0.0207 e. The first-order valence-electron chi connectivity index (χ1n) is 6.83. The fraction of sp³-hybridized carbons (Fsp3) is 1.00. The number of rotatable bonds is 4. The van der Waals surface area contributed by atoms with E-state index in [0.717, 1.165) is 23.9 Å². The Bertz CT molecular complexity index is 210. The van der Waals surface area contributed by atoms with Crippen LogP contribution in [0.25, 0.3) is 0 Å². The highest BCUT2D eigenvalue weighted by Gasteiger charge is 2.31. The number of nitrogens with one attached hydrogen (secondary N) is 1. The largest absolute Gasteiger partial charge is 0.313 e. The second-order valence-electron chi connectivity index (χ2n) is 5.22. The third-order valence-corrected chi connectivity index (χ3v) is 5.26. The Labute approximate surface area is 105 Å². The summed E-state index contributed by atoms with van der Waals surface area (Å²) >= 11 is 2.08. The van der Waals surface area contributed by atoms with E-state index in [9.17, 15) is 0 Å². The predicted octanol–water partition coefficient (Wildman–Crippen LogP) is 2.34. The van der Waals surface area contributed by atoms with Gasteiger partial charge in [-0.15, -0.1) is 0 Å². The first-order valence-corrected chi connectivity index (χ1v) is 8.12. The standard InChI is InChI=1S/C13H26N2S/c1-3-14-11-7-8-15(10-11)12-5-4-6-13(9-12)16-2/h11-14H,3-10H2,1-2H3. The van der Waals surface area contributed by atoms with Crippen LogP contribution in [0.5, 0.6) is 0 Å². The molecule has 2 aliphatic rings. The maximum atomic E-state index is 3.59. The van der Waals surface area contributed by atoms with Crippen molar-refractivity contribution in [2.24, 2.45) is 0 Å². The van der Waals surface area contributed by atoms with E-state index in [-0.39, 0.29) is 0 Å². The van der Waals surface area contributed by atoms with E-state index >= 15 is 0 Å². The summed E-state index contributed by atoms with van der Waals surface area (Å²) in [5, 5.41) is 4.52. The van der Waals surface area contributed by atoms with Crippen molar-refractivity contribution >= 4 is 11.8 Å². The first-order chi connectivity index (χ1) is 7.83. The van der Waals surface area contributed by atoms with Gasteiger partial charge in [-0.25, -0.2) is 0 Å². The third-order valence-electron chi connectivity index (χ3n) is 4.16.